The number of hydrogen-bond donors (Lipinski definition) is 2. The molecule has 0 amide bonds. The minimum atomic E-state index is -0.532. The van der Waals surface area contributed by atoms with E-state index in [1.54, 1.807) is 18.4 Å². The van der Waals surface area contributed by atoms with E-state index in [1.807, 2.05) is 6.07 Å². The minimum Gasteiger partial charge on any atom is -0.461 e. The summed E-state index contributed by atoms with van der Waals surface area (Å²) < 4.78 is 5.22. The SMILES string of the molecule is N#Cc1cc([N+](=O)[O-])ccc1NCCc1nc(-c2ccco2)n[nH]1. The van der Waals surface area contributed by atoms with E-state index in [0.29, 0.717) is 36.1 Å². The lowest BCUT2D eigenvalue weighted by Crippen LogP contribution is -2.07. The van der Waals surface area contributed by atoms with Crippen molar-refractivity contribution in [3.8, 4) is 17.7 Å². The second kappa shape index (κ2) is 6.62. The zero-order chi connectivity index (χ0) is 16.9. The van der Waals surface area contributed by atoms with Gasteiger partial charge in [0, 0.05) is 25.1 Å². The van der Waals surface area contributed by atoms with Crippen LogP contribution in [0, 0.1) is 21.4 Å². The number of anilines is 1. The zero-order valence-electron chi connectivity index (χ0n) is 12.4. The van der Waals surface area contributed by atoms with Gasteiger partial charge < -0.3 is 9.73 Å². The van der Waals surface area contributed by atoms with Gasteiger partial charge in [-0.2, -0.15) is 10.4 Å². The Hall–Kier alpha value is -3.67. The molecule has 1 aromatic carbocycles. The van der Waals surface area contributed by atoms with Crippen LogP contribution in [0.15, 0.2) is 41.0 Å². The first-order valence-electron chi connectivity index (χ1n) is 7.05. The van der Waals surface area contributed by atoms with Crippen LogP contribution in [0.5, 0.6) is 0 Å². The first-order valence-corrected chi connectivity index (χ1v) is 7.05. The second-order valence-electron chi connectivity index (χ2n) is 4.86. The van der Waals surface area contributed by atoms with Crippen molar-refractivity contribution < 1.29 is 9.34 Å². The summed E-state index contributed by atoms with van der Waals surface area (Å²) in [5, 5.41) is 29.8. The van der Waals surface area contributed by atoms with Crippen molar-refractivity contribution in [2.75, 3.05) is 11.9 Å². The van der Waals surface area contributed by atoms with Crippen LogP contribution in [-0.2, 0) is 6.42 Å². The molecule has 0 bridgehead atoms. The molecule has 0 fully saturated rings. The lowest BCUT2D eigenvalue weighted by Gasteiger charge is -2.06. The van der Waals surface area contributed by atoms with E-state index in [-0.39, 0.29) is 11.3 Å². The number of furan rings is 1. The summed E-state index contributed by atoms with van der Waals surface area (Å²) in [7, 11) is 0. The van der Waals surface area contributed by atoms with Gasteiger partial charge in [-0.25, -0.2) is 4.98 Å². The van der Waals surface area contributed by atoms with E-state index < -0.39 is 4.92 Å². The Kier molecular flexibility index (Phi) is 4.20. The Labute approximate surface area is 136 Å². The van der Waals surface area contributed by atoms with Gasteiger partial charge in [0.1, 0.15) is 11.9 Å². The molecule has 2 heterocycles. The number of aromatic amines is 1. The first kappa shape index (κ1) is 15.2. The van der Waals surface area contributed by atoms with E-state index in [1.165, 1.54) is 18.2 Å². The number of nitro benzene ring substituents is 1. The van der Waals surface area contributed by atoms with Crippen molar-refractivity contribution in [3.05, 3.63) is 58.1 Å². The second-order valence-corrected chi connectivity index (χ2v) is 4.86. The summed E-state index contributed by atoms with van der Waals surface area (Å²) in [5.41, 5.74) is 0.641. The summed E-state index contributed by atoms with van der Waals surface area (Å²) in [6.07, 6.45) is 2.08. The van der Waals surface area contributed by atoms with Gasteiger partial charge in [-0.15, -0.1) is 0 Å². The third kappa shape index (κ3) is 3.22. The molecule has 9 nitrogen and oxygen atoms in total. The van der Waals surface area contributed by atoms with E-state index >= 15 is 0 Å². The Balaban J connectivity index is 1.63. The molecule has 24 heavy (non-hydrogen) atoms. The highest BCUT2D eigenvalue weighted by atomic mass is 16.6. The Morgan fingerprint density at radius 3 is 3.00 bits per heavy atom. The van der Waals surface area contributed by atoms with Gasteiger partial charge in [-0.1, -0.05) is 0 Å². The molecular weight excluding hydrogens is 312 g/mol. The molecule has 0 unspecified atom stereocenters. The molecule has 0 saturated carbocycles. The van der Waals surface area contributed by atoms with Gasteiger partial charge >= 0.3 is 0 Å². The number of rotatable bonds is 6. The number of nitriles is 1. The van der Waals surface area contributed by atoms with Crippen LogP contribution in [0.4, 0.5) is 11.4 Å². The molecule has 0 saturated heterocycles. The Bertz CT molecular complexity index is 894. The van der Waals surface area contributed by atoms with Crippen LogP contribution >= 0.6 is 0 Å². The number of benzene rings is 1. The monoisotopic (exact) mass is 324 g/mol. The molecule has 3 rings (SSSR count). The van der Waals surface area contributed by atoms with Gasteiger partial charge in [0.15, 0.2) is 5.76 Å². The predicted molar refractivity (Wildman–Crippen MR) is 84.1 cm³/mol. The van der Waals surface area contributed by atoms with Crippen LogP contribution in [0.1, 0.15) is 11.4 Å². The van der Waals surface area contributed by atoms with Crippen LogP contribution in [0.2, 0.25) is 0 Å². The highest BCUT2D eigenvalue weighted by Gasteiger charge is 2.11. The van der Waals surface area contributed by atoms with Crippen molar-refractivity contribution in [2.45, 2.75) is 6.42 Å². The molecule has 120 valence electrons. The van der Waals surface area contributed by atoms with Crippen LogP contribution < -0.4 is 5.32 Å². The maximum Gasteiger partial charge on any atom is 0.270 e. The van der Waals surface area contributed by atoms with Gasteiger partial charge in [0.05, 0.1) is 22.4 Å². The van der Waals surface area contributed by atoms with Gasteiger partial charge in [-0.3, -0.25) is 15.2 Å². The van der Waals surface area contributed by atoms with Crippen molar-refractivity contribution in [1.82, 2.24) is 15.2 Å². The summed E-state index contributed by atoms with van der Waals surface area (Å²) >= 11 is 0. The van der Waals surface area contributed by atoms with Gasteiger partial charge in [0.25, 0.3) is 5.69 Å². The maximum atomic E-state index is 10.7. The highest BCUT2D eigenvalue weighted by molar-refractivity contribution is 5.61. The first-order chi connectivity index (χ1) is 11.7. The van der Waals surface area contributed by atoms with Crippen LogP contribution in [-0.4, -0.2) is 26.6 Å². The zero-order valence-corrected chi connectivity index (χ0v) is 12.4. The molecule has 2 N–H and O–H groups in total. The smallest absolute Gasteiger partial charge is 0.270 e. The molecule has 0 atom stereocenters. The molecule has 2 aromatic heterocycles. The summed E-state index contributed by atoms with van der Waals surface area (Å²) in [6.45, 7) is 0.485. The van der Waals surface area contributed by atoms with Crippen molar-refractivity contribution in [3.63, 3.8) is 0 Å². The fourth-order valence-corrected chi connectivity index (χ4v) is 2.13. The molecule has 0 aliphatic carbocycles. The Morgan fingerprint density at radius 1 is 1.42 bits per heavy atom. The normalized spacial score (nSPS) is 10.3. The van der Waals surface area contributed by atoms with Crippen molar-refractivity contribution >= 4 is 11.4 Å². The molecule has 9 heteroatoms. The average molecular weight is 324 g/mol. The van der Waals surface area contributed by atoms with E-state index in [4.69, 9.17) is 9.68 Å². The number of hydrogen-bond acceptors (Lipinski definition) is 7. The standard InChI is InChI=1S/C15H12N6O3/c16-9-10-8-11(21(22)23)3-4-12(10)17-6-5-14-18-15(20-19-14)13-2-1-7-24-13/h1-4,7-8,17H,5-6H2,(H,18,19,20). The summed E-state index contributed by atoms with van der Waals surface area (Å²) in [5.74, 6) is 1.71. The number of nitrogens with zero attached hydrogens (tertiary/aromatic N) is 4. The predicted octanol–water partition coefficient (Wildman–Crippen LogP) is 2.50. The van der Waals surface area contributed by atoms with Gasteiger partial charge in [-0.05, 0) is 18.2 Å². The summed E-state index contributed by atoms with van der Waals surface area (Å²) in [6, 6.07) is 9.58. The largest absolute Gasteiger partial charge is 0.461 e. The quantitative estimate of drug-likeness (QED) is 0.525. The molecule has 0 aliphatic heterocycles. The summed E-state index contributed by atoms with van der Waals surface area (Å²) in [4.78, 5) is 14.5. The number of aromatic nitrogens is 3. The van der Waals surface area contributed by atoms with Crippen molar-refractivity contribution in [2.24, 2.45) is 0 Å². The van der Waals surface area contributed by atoms with E-state index in [0.717, 1.165) is 0 Å². The number of nitro groups is 1. The van der Waals surface area contributed by atoms with Crippen molar-refractivity contribution in [1.29, 1.82) is 5.26 Å². The topological polar surface area (TPSA) is 134 Å². The highest BCUT2D eigenvalue weighted by Crippen LogP contribution is 2.21. The van der Waals surface area contributed by atoms with Crippen LogP contribution in [0.3, 0.4) is 0 Å². The fourth-order valence-electron chi connectivity index (χ4n) is 2.13. The lowest BCUT2D eigenvalue weighted by atomic mass is 10.1. The Morgan fingerprint density at radius 2 is 2.29 bits per heavy atom. The molecular formula is C15H12N6O3. The van der Waals surface area contributed by atoms with Gasteiger partial charge in [0.2, 0.25) is 5.82 Å². The number of H-pyrrole nitrogens is 1. The minimum absolute atomic E-state index is 0.115. The lowest BCUT2D eigenvalue weighted by molar-refractivity contribution is -0.384. The average Bonchev–Trinajstić information content (AvgIpc) is 3.26. The third-order valence-electron chi connectivity index (χ3n) is 3.28. The van der Waals surface area contributed by atoms with E-state index in [2.05, 4.69) is 20.5 Å². The molecule has 0 radical (unpaired) electrons. The molecule has 0 aliphatic rings. The fraction of sp³-hybridized carbons (Fsp3) is 0.133. The maximum absolute atomic E-state index is 10.7. The molecule has 0 spiro atoms. The third-order valence-corrected chi connectivity index (χ3v) is 3.28. The molecule has 3 aromatic rings. The van der Waals surface area contributed by atoms with E-state index in [9.17, 15) is 10.1 Å². The van der Waals surface area contributed by atoms with Crippen LogP contribution in [0.25, 0.3) is 11.6 Å². The number of nitrogens with one attached hydrogen (secondary N) is 2. The number of non-ortho nitro benzene ring substituents is 1.